The van der Waals surface area contributed by atoms with Crippen molar-refractivity contribution >= 4 is 11.6 Å². The van der Waals surface area contributed by atoms with E-state index in [1.54, 1.807) is 7.11 Å². The summed E-state index contributed by atoms with van der Waals surface area (Å²) in [5, 5.41) is 0. The monoisotopic (exact) mass is 192 g/mol. The van der Waals surface area contributed by atoms with Crippen LogP contribution in [-0.2, 0) is 9.47 Å². The van der Waals surface area contributed by atoms with Crippen LogP contribution in [0.15, 0.2) is 0 Å². The first-order chi connectivity index (χ1) is 5.75. The predicted octanol–water partition coefficient (Wildman–Crippen LogP) is 2.06. The fourth-order valence-electron chi connectivity index (χ4n) is 1.75. The standard InChI is InChI=1S/C9H17ClO2/c1-8(6-11-2)9(7-10)4-3-5-12-9/h8H,3-7H2,1-2H3. The summed E-state index contributed by atoms with van der Waals surface area (Å²) in [7, 11) is 1.72. The van der Waals surface area contributed by atoms with Gasteiger partial charge in [0.2, 0.25) is 0 Å². The summed E-state index contributed by atoms with van der Waals surface area (Å²) in [6.45, 7) is 3.71. The number of methoxy groups -OCH3 is 1. The van der Waals surface area contributed by atoms with Gasteiger partial charge in [0, 0.05) is 19.6 Å². The van der Waals surface area contributed by atoms with Gasteiger partial charge in [0.25, 0.3) is 0 Å². The quantitative estimate of drug-likeness (QED) is 0.635. The molecule has 0 saturated carbocycles. The molecular formula is C9H17ClO2. The topological polar surface area (TPSA) is 18.5 Å². The molecular weight excluding hydrogens is 176 g/mol. The van der Waals surface area contributed by atoms with E-state index < -0.39 is 0 Å². The smallest absolute Gasteiger partial charge is 0.0865 e. The molecule has 0 aromatic heterocycles. The number of rotatable bonds is 4. The Bertz CT molecular complexity index is 132. The van der Waals surface area contributed by atoms with Crippen molar-refractivity contribution in [3.8, 4) is 0 Å². The first kappa shape index (κ1) is 10.3. The molecule has 3 heteroatoms. The molecule has 2 atom stereocenters. The Morgan fingerprint density at radius 1 is 1.67 bits per heavy atom. The third-order valence-corrected chi connectivity index (χ3v) is 3.13. The van der Waals surface area contributed by atoms with Crippen LogP contribution in [0.2, 0.25) is 0 Å². The van der Waals surface area contributed by atoms with Gasteiger partial charge < -0.3 is 9.47 Å². The molecule has 0 aromatic carbocycles. The molecule has 0 aromatic rings. The maximum Gasteiger partial charge on any atom is 0.0865 e. The largest absolute Gasteiger partial charge is 0.384 e. The maximum atomic E-state index is 5.91. The second-order valence-corrected chi connectivity index (χ2v) is 3.77. The second kappa shape index (κ2) is 4.45. The van der Waals surface area contributed by atoms with Crippen molar-refractivity contribution in [3.63, 3.8) is 0 Å². The SMILES string of the molecule is COCC(C)C1(CCl)CCCO1. The molecule has 1 saturated heterocycles. The molecule has 0 spiro atoms. The zero-order chi connectivity index (χ0) is 9.03. The van der Waals surface area contributed by atoms with Crippen LogP contribution in [0, 0.1) is 5.92 Å². The van der Waals surface area contributed by atoms with Crippen molar-refractivity contribution in [2.24, 2.45) is 5.92 Å². The molecule has 0 N–H and O–H groups in total. The summed E-state index contributed by atoms with van der Waals surface area (Å²) in [5.41, 5.74) is -0.114. The average molecular weight is 193 g/mol. The van der Waals surface area contributed by atoms with Crippen LogP contribution >= 0.6 is 11.6 Å². The molecule has 1 rings (SSSR count). The molecule has 2 nitrogen and oxygen atoms in total. The number of hydrogen-bond donors (Lipinski definition) is 0. The normalized spacial score (nSPS) is 32.2. The van der Waals surface area contributed by atoms with E-state index in [1.807, 2.05) is 0 Å². The number of ether oxygens (including phenoxy) is 2. The van der Waals surface area contributed by atoms with Gasteiger partial charge in [0.1, 0.15) is 0 Å². The van der Waals surface area contributed by atoms with Crippen molar-refractivity contribution < 1.29 is 9.47 Å². The highest BCUT2D eigenvalue weighted by Crippen LogP contribution is 2.34. The van der Waals surface area contributed by atoms with Gasteiger partial charge in [0.15, 0.2) is 0 Å². The van der Waals surface area contributed by atoms with E-state index >= 15 is 0 Å². The zero-order valence-corrected chi connectivity index (χ0v) is 8.56. The predicted molar refractivity (Wildman–Crippen MR) is 49.7 cm³/mol. The molecule has 1 heterocycles. The summed E-state index contributed by atoms with van der Waals surface area (Å²) in [6.07, 6.45) is 2.20. The Morgan fingerprint density at radius 2 is 2.42 bits per heavy atom. The van der Waals surface area contributed by atoms with E-state index in [2.05, 4.69) is 6.92 Å². The Hall–Kier alpha value is 0.210. The lowest BCUT2D eigenvalue weighted by molar-refractivity contribution is -0.0435. The van der Waals surface area contributed by atoms with Gasteiger partial charge in [-0.3, -0.25) is 0 Å². The molecule has 1 aliphatic rings. The molecule has 72 valence electrons. The van der Waals surface area contributed by atoms with Gasteiger partial charge in [-0.05, 0) is 12.8 Å². The van der Waals surface area contributed by atoms with E-state index in [-0.39, 0.29) is 5.60 Å². The molecule has 1 aliphatic heterocycles. The summed E-state index contributed by atoms with van der Waals surface area (Å²) in [4.78, 5) is 0. The van der Waals surface area contributed by atoms with Crippen molar-refractivity contribution in [1.29, 1.82) is 0 Å². The molecule has 1 fully saturated rings. The highest BCUT2D eigenvalue weighted by molar-refractivity contribution is 6.18. The van der Waals surface area contributed by atoms with Crippen LogP contribution < -0.4 is 0 Å². The highest BCUT2D eigenvalue weighted by atomic mass is 35.5. The zero-order valence-electron chi connectivity index (χ0n) is 7.81. The fourth-order valence-corrected chi connectivity index (χ4v) is 2.22. The number of alkyl halides is 1. The van der Waals surface area contributed by atoms with Gasteiger partial charge in [-0.1, -0.05) is 6.92 Å². The third kappa shape index (κ3) is 1.93. The lowest BCUT2D eigenvalue weighted by Crippen LogP contribution is -2.40. The maximum absolute atomic E-state index is 5.91. The molecule has 0 aliphatic carbocycles. The van der Waals surface area contributed by atoms with Crippen molar-refractivity contribution in [1.82, 2.24) is 0 Å². The minimum atomic E-state index is -0.114. The van der Waals surface area contributed by atoms with E-state index in [0.29, 0.717) is 11.8 Å². The summed E-state index contributed by atoms with van der Waals surface area (Å²) in [6, 6.07) is 0. The Morgan fingerprint density at radius 3 is 2.83 bits per heavy atom. The van der Waals surface area contributed by atoms with E-state index in [9.17, 15) is 0 Å². The first-order valence-electron chi connectivity index (χ1n) is 4.44. The van der Waals surface area contributed by atoms with Crippen LogP contribution in [0.25, 0.3) is 0 Å². The summed E-state index contributed by atoms with van der Waals surface area (Å²) >= 11 is 5.91. The van der Waals surface area contributed by atoms with E-state index in [4.69, 9.17) is 21.1 Å². The lowest BCUT2D eigenvalue weighted by Gasteiger charge is -2.32. The number of halogens is 1. The molecule has 0 radical (unpaired) electrons. The van der Waals surface area contributed by atoms with Gasteiger partial charge in [0.05, 0.1) is 18.1 Å². The van der Waals surface area contributed by atoms with Crippen molar-refractivity contribution in [3.05, 3.63) is 0 Å². The average Bonchev–Trinajstić information content (AvgIpc) is 2.54. The van der Waals surface area contributed by atoms with Gasteiger partial charge in [-0.25, -0.2) is 0 Å². The minimum Gasteiger partial charge on any atom is -0.384 e. The summed E-state index contributed by atoms with van der Waals surface area (Å²) < 4.78 is 10.8. The Kier molecular flexibility index (Phi) is 3.81. The molecule has 12 heavy (non-hydrogen) atoms. The Balaban J connectivity index is 2.52. The van der Waals surface area contributed by atoms with Crippen LogP contribution in [0.4, 0.5) is 0 Å². The van der Waals surface area contributed by atoms with Crippen LogP contribution in [-0.4, -0.2) is 31.8 Å². The van der Waals surface area contributed by atoms with Crippen LogP contribution in [0.5, 0.6) is 0 Å². The number of hydrogen-bond acceptors (Lipinski definition) is 2. The third-order valence-electron chi connectivity index (χ3n) is 2.67. The van der Waals surface area contributed by atoms with E-state index in [0.717, 1.165) is 26.1 Å². The van der Waals surface area contributed by atoms with Crippen molar-refractivity contribution in [2.45, 2.75) is 25.4 Å². The van der Waals surface area contributed by atoms with Crippen LogP contribution in [0.1, 0.15) is 19.8 Å². The molecule has 2 unspecified atom stereocenters. The van der Waals surface area contributed by atoms with Gasteiger partial charge in [-0.15, -0.1) is 11.6 Å². The second-order valence-electron chi connectivity index (χ2n) is 3.51. The van der Waals surface area contributed by atoms with Crippen molar-refractivity contribution in [2.75, 3.05) is 26.2 Å². The molecule has 0 bridgehead atoms. The first-order valence-corrected chi connectivity index (χ1v) is 4.97. The minimum absolute atomic E-state index is 0.114. The fraction of sp³-hybridized carbons (Fsp3) is 1.00. The molecule has 0 amide bonds. The summed E-state index contributed by atoms with van der Waals surface area (Å²) in [5.74, 6) is 0.972. The lowest BCUT2D eigenvalue weighted by atomic mass is 9.88. The van der Waals surface area contributed by atoms with Crippen LogP contribution in [0.3, 0.4) is 0 Å². The Labute approximate surface area is 79.2 Å². The van der Waals surface area contributed by atoms with Gasteiger partial charge in [-0.2, -0.15) is 0 Å². The van der Waals surface area contributed by atoms with Gasteiger partial charge >= 0.3 is 0 Å². The highest BCUT2D eigenvalue weighted by Gasteiger charge is 2.39. The van der Waals surface area contributed by atoms with E-state index in [1.165, 1.54) is 0 Å².